The van der Waals surface area contributed by atoms with Gasteiger partial charge in [0.15, 0.2) is 0 Å². The molecule has 4 N–H and O–H groups in total. The van der Waals surface area contributed by atoms with Gasteiger partial charge in [-0.1, -0.05) is 12.1 Å². The molecule has 0 saturated carbocycles. The molecule has 2 amide bonds. The van der Waals surface area contributed by atoms with Crippen molar-refractivity contribution in [1.82, 2.24) is 10.6 Å². The molecule has 1 heterocycles. The second-order valence-electron chi connectivity index (χ2n) is 5.21. The molecule has 1 aromatic rings. The lowest BCUT2D eigenvalue weighted by Crippen LogP contribution is -2.40. The quantitative estimate of drug-likeness (QED) is 0.700. The van der Waals surface area contributed by atoms with Crippen LogP contribution in [-0.4, -0.2) is 40.2 Å². The summed E-state index contributed by atoms with van der Waals surface area (Å²) in [5, 5.41) is 10.5. The second kappa shape index (κ2) is 7.57. The number of urea groups is 1. The summed E-state index contributed by atoms with van der Waals surface area (Å²) < 4.78 is 27.7. The van der Waals surface area contributed by atoms with E-state index in [9.17, 15) is 13.2 Å². The van der Waals surface area contributed by atoms with Gasteiger partial charge in [0, 0.05) is 19.7 Å². The van der Waals surface area contributed by atoms with E-state index in [1.165, 1.54) is 12.1 Å². The molecule has 2 rings (SSSR count). The van der Waals surface area contributed by atoms with Gasteiger partial charge in [0.25, 0.3) is 0 Å². The average molecular weight is 327 g/mol. The molecule has 1 aliphatic heterocycles. The number of rotatable bonds is 6. The van der Waals surface area contributed by atoms with E-state index in [1.807, 2.05) is 0 Å². The van der Waals surface area contributed by atoms with E-state index in [2.05, 4.69) is 10.6 Å². The summed E-state index contributed by atoms with van der Waals surface area (Å²) in [6.07, 6.45) is 2.76. The predicted molar refractivity (Wildman–Crippen MR) is 81.9 cm³/mol. The lowest BCUT2D eigenvalue weighted by atomic mass is 10.1. The zero-order chi connectivity index (χ0) is 16.0. The summed E-state index contributed by atoms with van der Waals surface area (Å²) in [4.78, 5) is 11.7. The van der Waals surface area contributed by atoms with Gasteiger partial charge in [-0.15, -0.1) is 0 Å². The normalized spacial score (nSPS) is 18.1. The van der Waals surface area contributed by atoms with Gasteiger partial charge in [-0.25, -0.2) is 18.4 Å². The van der Waals surface area contributed by atoms with Gasteiger partial charge in [0.2, 0.25) is 10.0 Å². The molecule has 122 valence electrons. The van der Waals surface area contributed by atoms with Crippen LogP contribution in [0.1, 0.15) is 18.4 Å². The van der Waals surface area contributed by atoms with Gasteiger partial charge < -0.3 is 15.4 Å². The number of sulfonamides is 1. The Balaban J connectivity index is 1.68. The Bertz CT molecular complexity index is 595. The number of amides is 2. The standard InChI is InChI=1S/C14H21N3O4S/c15-22(19,20)13-5-3-11(4-6-13)7-8-16-14(18)17-10-12-2-1-9-21-12/h3-6,12H,1-2,7-10H2,(H2,15,19,20)(H2,16,17,18). The van der Waals surface area contributed by atoms with Crippen LogP contribution in [0.3, 0.4) is 0 Å². The Labute approximate surface area is 130 Å². The molecular weight excluding hydrogens is 306 g/mol. The fraction of sp³-hybridized carbons (Fsp3) is 0.500. The molecular formula is C14H21N3O4S. The SMILES string of the molecule is NS(=O)(=O)c1ccc(CCNC(=O)NCC2CCCO2)cc1. The smallest absolute Gasteiger partial charge is 0.314 e. The molecule has 0 aromatic heterocycles. The number of hydrogen-bond acceptors (Lipinski definition) is 4. The number of carbonyl (C=O) groups excluding carboxylic acids is 1. The fourth-order valence-electron chi connectivity index (χ4n) is 2.24. The maximum Gasteiger partial charge on any atom is 0.314 e. The van der Waals surface area contributed by atoms with Crippen LogP contribution in [0.15, 0.2) is 29.2 Å². The first kappa shape index (κ1) is 16.7. The van der Waals surface area contributed by atoms with Crippen molar-refractivity contribution in [1.29, 1.82) is 0 Å². The molecule has 1 fully saturated rings. The lowest BCUT2D eigenvalue weighted by molar-refractivity contribution is 0.111. The highest BCUT2D eigenvalue weighted by Crippen LogP contribution is 2.10. The minimum Gasteiger partial charge on any atom is -0.376 e. The molecule has 1 unspecified atom stereocenters. The van der Waals surface area contributed by atoms with Crippen molar-refractivity contribution in [2.75, 3.05) is 19.7 Å². The Morgan fingerprint density at radius 2 is 2.00 bits per heavy atom. The fourth-order valence-corrected chi connectivity index (χ4v) is 2.76. The maximum absolute atomic E-state index is 11.6. The van der Waals surface area contributed by atoms with Gasteiger partial charge >= 0.3 is 6.03 Å². The summed E-state index contributed by atoms with van der Waals surface area (Å²) in [7, 11) is -3.66. The molecule has 0 radical (unpaired) electrons. The minimum atomic E-state index is -3.66. The molecule has 8 heteroatoms. The molecule has 1 aliphatic rings. The van der Waals surface area contributed by atoms with E-state index >= 15 is 0 Å². The molecule has 1 aromatic carbocycles. The molecule has 1 atom stereocenters. The van der Waals surface area contributed by atoms with E-state index in [4.69, 9.17) is 9.88 Å². The molecule has 22 heavy (non-hydrogen) atoms. The Hall–Kier alpha value is -1.64. The lowest BCUT2D eigenvalue weighted by Gasteiger charge is -2.11. The first-order chi connectivity index (χ1) is 10.4. The highest BCUT2D eigenvalue weighted by atomic mass is 32.2. The van der Waals surface area contributed by atoms with Crippen molar-refractivity contribution < 1.29 is 17.9 Å². The highest BCUT2D eigenvalue weighted by Gasteiger charge is 2.15. The van der Waals surface area contributed by atoms with Crippen LogP contribution in [0, 0.1) is 0 Å². The third kappa shape index (κ3) is 5.28. The van der Waals surface area contributed by atoms with Crippen molar-refractivity contribution in [2.45, 2.75) is 30.3 Å². The number of primary sulfonamides is 1. The van der Waals surface area contributed by atoms with Gasteiger partial charge in [-0.2, -0.15) is 0 Å². The van der Waals surface area contributed by atoms with Crippen molar-refractivity contribution in [2.24, 2.45) is 5.14 Å². The van der Waals surface area contributed by atoms with Crippen LogP contribution in [0.4, 0.5) is 4.79 Å². The Morgan fingerprint density at radius 1 is 1.27 bits per heavy atom. The Morgan fingerprint density at radius 3 is 2.59 bits per heavy atom. The van der Waals surface area contributed by atoms with Gasteiger partial charge in [0.1, 0.15) is 0 Å². The van der Waals surface area contributed by atoms with Crippen LogP contribution < -0.4 is 15.8 Å². The second-order valence-corrected chi connectivity index (χ2v) is 6.77. The molecule has 7 nitrogen and oxygen atoms in total. The van der Waals surface area contributed by atoms with E-state index in [0.717, 1.165) is 25.0 Å². The minimum absolute atomic E-state index is 0.0820. The maximum atomic E-state index is 11.6. The van der Waals surface area contributed by atoms with Gasteiger partial charge in [0.05, 0.1) is 11.0 Å². The van der Waals surface area contributed by atoms with Gasteiger partial charge in [-0.3, -0.25) is 0 Å². The van der Waals surface area contributed by atoms with E-state index in [-0.39, 0.29) is 17.0 Å². The predicted octanol–water partition coefficient (Wildman–Crippen LogP) is 0.355. The van der Waals surface area contributed by atoms with Crippen LogP contribution in [0.5, 0.6) is 0 Å². The van der Waals surface area contributed by atoms with Crippen LogP contribution in [-0.2, 0) is 21.2 Å². The van der Waals surface area contributed by atoms with Crippen molar-refractivity contribution in [3.63, 3.8) is 0 Å². The van der Waals surface area contributed by atoms with Crippen LogP contribution in [0.2, 0.25) is 0 Å². The number of carbonyl (C=O) groups is 1. The molecule has 0 bridgehead atoms. The summed E-state index contributed by atoms with van der Waals surface area (Å²) in [6, 6.07) is 6.07. The van der Waals surface area contributed by atoms with Gasteiger partial charge in [-0.05, 0) is 37.0 Å². The van der Waals surface area contributed by atoms with E-state index in [0.29, 0.717) is 19.5 Å². The molecule has 0 spiro atoms. The number of nitrogens with one attached hydrogen (secondary N) is 2. The van der Waals surface area contributed by atoms with Crippen LogP contribution >= 0.6 is 0 Å². The van der Waals surface area contributed by atoms with Crippen molar-refractivity contribution in [3.8, 4) is 0 Å². The van der Waals surface area contributed by atoms with Crippen molar-refractivity contribution in [3.05, 3.63) is 29.8 Å². The zero-order valence-corrected chi connectivity index (χ0v) is 13.1. The molecule has 0 aliphatic carbocycles. The topological polar surface area (TPSA) is 111 Å². The third-order valence-corrected chi connectivity index (χ3v) is 4.39. The summed E-state index contributed by atoms with van der Waals surface area (Å²) in [6.45, 7) is 1.75. The summed E-state index contributed by atoms with van der Waals surface area (Å²) >= 11 is 0. The first-order valence-corrected chi connectivity index (χ1v) is 8.75. The summed E-state index contributed by atoms with van der Waals surface area (Å²) in [5.74, 6) is 0. The van der Waals surface area contributed by atoms with Crippen LogP contribution in [0.25, 0.3) is 0 Å². The van der Waals surface area contributed by atoms with E-state index in [1.54, 1.807) is 12.1 Å². The zero-order valence-electron chi connectivity index (χ0n) is 12.2. The van der Waals surface area contributed by atoms with E-state index < -0.39 is 10.0 Å². The number of hydrogen-bond donors (Lipinski definition) is 3. The third-order valence-electron chi connectivity index (χ3n) is 3.47. The summed E-state index contributed by atoms with van der Waals surface area (Å²) in [5.41, 5.74) is 0.923. The average Bonchev–Trinajstić information content (AvgIpc) is 2.98. The number of benzene rings is 1. The Kier molecular flexibility index (Phi) is 5.76. The largest absolute Gasteiger partial charge is 0.376 e. The monoisotopic (exact) mass is 327 g/mol. The highest BCUT2D eigenvalue weighted by molar-refractivity contribution is 7.89. The number of nitrogens with two attached hydrogens (primary N) is 1. The molecule has 1 saturated heterocycles. The number of ether oxygens (including phenoxy) is 1. The first-order valence-electron chi connectivity index (χ1n) is 7.20. The van der Waals surface area contributed by atoms with Crippen molar-refractivity contribution >= 4 is 16.1 Å².